The van der Waals surface area contributed by atoms with Crippen molar-refractivity contribution in [3.05, 3.63) is 0 Å². The number of ether oxygens (including phenoxy) is 2. The van der Waals surface area contributed by atoms with Gasteiger partial charge in [-0.25, -0.2) is 4.79 Å². The van der Waals surface area contributed by atoms with Gasteiger partial charge in [0.2, 0.25) is 0 Å². The van der Waals surface area contributed by atoms with E-state index >= 15 is 0 Å². The van der Waals surface area contributed by atoms with E-state index in [2.05, 4.69) is 10.6 Å². The van der Waals surface area contributed by atoms with Crippen molar-refractivity contribution < 1.29 is 23.9 Å². The average Bonchev–Trinajstić information content (AvgIpc) is 2.33. The van der Waals surface area contributed by atoms with Gasteiger partial charge in [-0.15, -0.1) is 0 Å². The van der Waals surface area contributed by atoms with Gasteiger partial charge in [0, 0.05) is 13.5 Å². The first-order valence-corrected chi connectivity index (χ1v) is 7.51. The number of hydrogen-bond acceptors (Lipinski definition) is 5. The lowest BCUT2D eigenvalue weighted by molar-refractivity contribution is -0.155. The molecule has 0 bridgehead atoms. The molecular weight excluding hydrogens is 288 g/mol. The van der Waals surface area contributed by atoms with Crippen molar-refractivity contribution in [1.82, 2.24) is 10.6 Å². The maximum absolute atomic E-state index is 12.1. The van der Waals surface area contributed by atoms with Crippen LogP contribution in [0.4, 0.5) is 4.79 Å². The summed E-state index contributed by atoms with van der Waals surface area (Å²) in [5.41, 5.74) is -0.649. The van der Waals surface area contributed by atoms with E-state index in [4.69, 9.17) is 9.47 Å². The van der Waals surface area contributed by atoms with E-state index in [-0.39, 0.29) is 0 Å². The number of esters is 1. The van der Waals surface area contributed by atoms with Crippen LogP contribution in [0, 0.1) is 0 Å². The quantitative estimate of drug-likeness (QED) is 0.551. The van der Waals surface area contributed by atoms with Gasteiger partial charge in [-0.05, 0) is 34.1 Å². The Labute approximate surface area is 132 Å². The zero-order valence-electron chi connectivity index (χ0n) is 14.3. The van der Waals surface area contributed by atoms with Crippen molar-refractivity contribution in [2.45, 2.75) is 72.1 Å². The summed E-state index contributed by atoms with van der Waals surface area (Å²) in [4.78, 5) is 35.0. The standard InChI is InChI=1S/C15H28N2O5/c1-7-8-9-16-13(19)12(21-11(3)18)10(2)17-14(20)22-15(4,5)6/h10,12H,7-9H2,1-6H3,(H,16,19)(H,17,20)/t10-,12?/m0/s1. The first-order valence-electron chi connectivity index (χ1n) is 7.51. The number of hydrogen-bond donors (Lipinski definition) is 2. The van der Waals surface area contributed by atoms with Crippen molar-refractivity contribution in [1.29, 1.82) is 0 Å². The van der Waals surface area contributed by atoms with E-state index in [0.29, 0.717) is 6.54 Å². The Hall–Kier alpha value is -1.79. The Kier molecular flexibility index (Phi) is 8.52. The van der Waals surface area contributed by atoms with Gasteiger partial charge < -0.3 is 20.1 Å². The van der Waals surface area contributed by atoms with Crippen LogP contribution in [-0.4, -0.2) is 42.3 Å². The molecule has 0 fully saturated rings. The highest BCUT2D eigenvalue weighted by Crippen LogP contribution is 2.08. The monoisotopic (exact) mass is 316 g/mol. The molecule has 2 amide bonds. The molecule has 0 aromatic rings. The lowest BCUT2D eigenvalue weighted by Crippen LogP contribution is -2.52. The van der Waals surface area contributed by atoms with Crippen LogP contribution in [0.1, 0.15) is 54.4 Å². The largest absolute Gasteiger partial charge is 0.450 e. The Bertz CT molecular complexity index is 390. The smallest absolute Gasteiger partial charge is 0.408 e. The second kappa shape index (κ2) is 9.27. The average molecular weight is 316 g/mol. The lowest BCUT2D eigenvalue weighted by atomic mass is 10.1. The number of alkyl carbamates (subject to hydrolysis) is 1. The molecule has 22 heavy (non-hydrogen) atoms. The van der Waals surface area contributed by atoms with E-state index in [0.717, 1.165) is 12.8 Å². The summed E-state index contributed by atoms with van der Waals surface area (Å²) in [6.45, 7) is 10.5. The van der Waals surface area contributed by atoms with Crippen LogP contribution >= 0.6 is 0 Å². The van der Waals surface area contributed by atoms with E-state index in [1.807, 2.05) is 6.92 Å². The molecule has 0 aliphatic heterocycles. The van der Waals surface area contributed by atoms with Crippen LogP contribution in [0.2, 0.25) is 0 Å². The summed E-state index contributed by atoms with van der Waals surface area (Å²) in [5, 5.41) is 5.20. The van der Waals surface area contributed by atoms with Crippen molar-refractivity contribution in [2.24, 2.45) is 0 Å². The Balaban J connectivity index is 4.69. The fourth-order valence-corrected chi connectivity index (χ4v) is 1.62. The summed E-state index contributed by atoms with van der Waals surface area (Å²) in [6, 6.07) is -0.708. The van der Waals surface area contributed by atoms with Gasteiger partial charge >= 0.3 is 12.1 Å². The number of unbranched alkanes of at least 4 members (excludes halogenated alkanes) is 1. The third-order valence-corrected chi connectivity index (χ3v) is 2.58. The van der Waals surface area contributed by atoms with Crippen molar-refractivity contribution >= 4 is 18.0 Å². The molecule has 1 unspecified atom stereocenters. The molecule has 0 rings (SSSR count). The zero-order valence-corrected chi connectivity index (χ0v) is 14.3. The first-order chi connectivity index (χ1) is 10.1. The summed E-state index contributed by atoms with van der Waals surface area (Å²) in [6.07, 6.45) is -0.00299. The maximum Gasteiger partial charge on any atom is 0.408 e. The topological polar surface area (TPSA) is 93.7 Å². The van der Waals surface area contributed by atoms with E-state index < -0.39 is 35.7 Å². The molecule has 0 heterocycles. The number of carbonyl (C=O) groups excluding carboxylic acids is 3. The maximum atomic E-state index is 12.1. The van der Waals surface area contributed by atoms with Crippen molar-refractivity contribution in [3.8, 4) is 0 Å². The number of rotatable bonds is 7. The highest BCUT2D eigenvalue weighted by atomic mass is 16.6. The van der Waals surface area contributed by atoms with Crippen molar-refractivity contribution in [3.63, 3.8) is 0 Å². The van der Waals surface area contributed by atoms with Crippen LogP contribution in [0.5, 0.6) is 0 Å². The third kappa shape index (κ3) is 9.20. The highest BCUT2D eigenvalue weighted by Gasteiger charge is 2.30. The summed E-state index contributed by atoms with van der Waals surface area (Å²) in [5.74, 6) is -1.03. The Morgan fingerprint density at radius 3 is 2.23 bits per heavy atom. The van der Waals surface area contributed by atoms with Crippen LogP contribution in [-0.2, 0) is 19.1 Å². The Morgan fingerprint density at radius 2 is 1.77 bits per heavy atom. The van der Waals surface area contributed by atoms with Gasteiger partial charge in [0.15, 0.2) is 6.10 Å². The van der Waals surface area contributed by atoms with Crippen LogP contribution in [0.15, 0.2) is 0 Å². The van der Waals surface area contributed by atoms with E-state index in [1.54, 1.807) is 27.7 Å². The van der Waals surface area contributed by atoms with Gasteiger partial charge in [-0.1, -0.05) is 13.3 Å². The van der Waals surface area contributed by atoms with Gasteiger partial charge in [0.1, 0.15) is 5.60 Å². The second-order valence-corrected chi connectivity index (χ2v) is 6.11. The molecule has 0 saturated heterocycles. The number of nitrogens with one attached hydrogen (secondary N) is 2. The van der Waals surface area contributed by atoms with Gasteiger partial charge in [-0.3, -0.25) is 9.59 Å². The van der Waals surface area contributed by atoms with Crippen LogP contribution in [0.3, 0.4) is 0 Å². The third-order valence-electron chi connectivity index (χ3n) is 2.58. The fraction of sp³-hybridized carbons (Fsp3) is 0.800. The lowest BCUT2D eigenvalue weighted by Gasteiger charge is -2.26. The first kappa shape index (κ1) is 20.2. The normalized spacial score (nSPS) is 13.7. The SMILES string of the molecule is CCCCNC(=O)C(OC(C)=O)[C@H](C)NC(=O)OC(C)(C)C. The Morgan fingerprint density at radius 1 is 1.18 bits per heavy atom. The van der Waals surface area contributed by atoms with Crippen LogP contribution in [0.25, 0.3) is 0 Å². The molecule has 0 aliphatic rings. The van der Waals surface area contributed by atoms with Gasteiger partial charge in [0.25, 0.3) is 5.91 Å². The molecule has 0 radical (unpaired) electrons. The molecule has 0 aromatic carbocycles. The molecule has 0 saturated carbocycles. The van der Waals surface area contributed by atoms with Gasteiger partial charge in [-0.2, -0.15) is 0 Å². The van der Waals surface area contributed by atoms with E-state index in [1.165, 1.54) is 6.92 Å². The zero-order chi connectivity index (χ0) is 17.3. The molecule has 128 valence electrons. The summed E-state index contributed by atoms with van der Waals surface area (Å²) >= 11 is 0. The molecular formula is C15H28N2O5. The second-order valence-electron chi connectivity index (χ2n) is 6.11. The fourth-order valence-electron chi connectivity index (χ4n) is 1.62. The van der Waals surface area contributed by atoms with Crippen LogP contribution < -0.4 is 10.6 Å². The predicted molar refractivity (Wildman–Crippen MR) is 82.3 cm³/mol. The minimum absolute atomic E-state index is 0.438. The van der Waals surface area contributed by atoms with E-state index in [9.17, 15) is 14.4 Å². The minimum Gasteiger partial charge on any atom is -0.450 e. The summed E-state index contributed by atoms with van der Waals surface area (Å²) in [7, 11) is 0. The number of carbonyl (C=O) groups is 3. The highest BCUT2D eigenvalue weighted by molar-refractivity contribution is 5.84. The molecule has 7 nitrogen and oxygen atoms in total. The predicted octanol–water partition coefficient (Wildman–Crippen LogP) is 1.75. The minimum atomic E-state index is -1.10. The molecule has 2 atom stereocenters. The van der Waals surface area contributed by atoms with Crippen molar-refractivity contribution in [2.75, 3.05) is 6.54 Å². The molecule has 0 aliphatic carbocycles. The van der Waals surface area contributed by atoms with Gasteiger partial charge in [0.05, 0.1) is 6.04 Å². The summed E-state index contributed by atoms with van der Waals surface area (Å²) < 4.78 is 10.1. The molecule has 0 spiro atoms. The number of amides is 2. The molecule has 0 aromatic heterocycles. The molecule has 7 heteroatoms. The molecule has 2 N–H and O–H groups in total.